The van der Waals surface area contributed by atoms with Gasteiger partial charge in [0.2, 0.25) is 5.82 Å². The van der Waals surface area contributed by atoms with Crippen LogP contribution in [0.2, 0.25) is 0 Å². The van der Waals surface area contributed by atoms with Gasteiger partial charge in [0, 0.05) is 5.56 Å². The first-order chi connectivity index (χ1) is 12.1. The Morgan fingerprint density at radius 1 is 1.00 bits per heavy atom. The van der Waals surface area contributed by atoms with Crippen molar-refractivity contribution < 1.29 is 9.47 Å². The molecule has 6 heteroatoms. The van der Waals surface area contributed by atoms with Gasteiger partial charge < -0.3 is 9.47 Å². The molecule has 0 aliphatic carbocycles. The molecule has 0 radical (unpaired) electrons. The Kier molecular flexibility index (Phi) is 4.97. The number of hydrogen-bond acceptors (Lipinski definition) is 5. The largest absolute Gasteiger partial charge is 0.493 e. The average Bonchev–Trinajstić information content (AvgIpc) is 3.11. The van der Waals surface area contributed by atoms with E-state index >= 15 is 0 Å². The lowest BCUT2D eigenvalue weighted by molar-refractivity contribution is 0.354. The fourth-order valence-electron chi connectivity index (χ4n) is 2.66. The molecule has 0 fully saturated rings. The molecule has 0 atom stereocenters. The van der Waals surface area contributed by atoms with Gasteiger partial charge in [-0.1, -0.05) is 31.2 Å². The van der Waals surface area contributed by atoms with Crippen LogP contribution in [0.25, 0.3) is 11.4 Å². The van der Waals surface area contributed by atoms with Gasteiger partial charge in [-0.3, -0.25) is 0 Å². The fourth-order valence-corrected chi connectivity index (χ4v) is 2.66. The molecule has 3 aromatic rings. The molecule has 25 heavy (non-hydrogen) atoms. The SMILES string of the molecule is CCc1ccc(-c2nnn(Cc3cc(OC)c(OC)cc3C)n2)cc1. The zero-order chi connectivity index (χ0) is 17.8. The van der Waals surface area contributed by atoms with Crippen LogP contribution in [-0.2, 0) is 13.0 Å². The van der Waals surface area contributed by atoms with E-state index in [1.807, 2.05) is 31.2 Å². The minimum Gasteiger partial charge on any atom is -0.493 e. The maximum absolute atomic E-state index is 5.38. The third-order valence-corrected chi connectivity index (χ3v) is 4.23. The third kappa shape index (κ3) is 3.63. The van der Waals surface area contributed by atoms with E-state index in [0.29, 0.717) is 23.9 Å². The Balaban J connectivity index is 1.83. The first kappa shape index (κ1) is 17.0. The van der Waals surface area contributed by atoms with E-state index < -0.39 is 0 Å². The molecule has 0 aliphatic heterocycles. The summed E-state index contributed by atoms with van der Waals surface area (Å²) >= 11 is 0. The van der Waals surface area contributed by atoms with Gasteiger partial charge in [0.1, 0.15) is 0 Å². The quantitative estimate of drug-likeness (QED) is 0.690. The number of nitrogens with zero attached hydrogens (tertiary/aromatic N) is 4. The van der Waals surface area contributed by atoms with Gasteiger partial charge in [0.15, 0.2) is 11.5 Å². The highest BCUT2D eigenvalue weighted by molar-refractivity contribution is 5.54. The summed E-state index contributed by atoms with van der Waals surface area (Å²) in [5.74, 6) is 2.03. The number of benzene rings is 2. The maximum Gasteiger partial charge on any atom is 0.204 e. The second-order valence-corrected chi connectivity index (χ2v) is 5.83. The molecule has 0 N–H and O–H groups in total. The van der Waals surface area contributed by atoms with E-state index in [2.05, 4.69) is 34.5 Å². The van der Waals surface area contributed by atoms with Gasteiger partial charge in [0.25, 0.3) is 0 Å². The molecule has 0 bridgehead atoms. The lowest BCUT2D eigenvalue weighted by Gasteiger charge is -2.12. The molecule has 1 heterocycles. The third-order valence-electron chi connectivity index (χ3n) is 4.23. The molecule has 130 valence electrons. The van der Waals surface area contributed by atoms with Crippen molar-refractivity contribution in [3.05, 3.63) is 53.1 Å². The van der Waals surface area contributed by atoms with Crippen LogP contribution in [0.3, 0.4) is 0 Å². The monoisotopic (exact) mass is 338 g/mol. The summed E-state index contributed by atoms with van der Waals surface area (Å²) in [5.41, 5.74) is 4.40. The van der Waals surface area contributed by atoms with E-state index in [1.54, 1.807) is 19.0 Å². The molecule has 2 aromatic carbocycles. The Hall–Kier alpha value is -2.89. The minimum absolute atomic E-state index is 0.520. The molecule has 0 amide bonds. The van der Waals surface area contributed by atoms with Gasteiger partial charge in [-0.2, -0.15) is 4.80 Å². The second kappa shape index (κ2) is 7.34. The van der Waals surface area contributed by atoms with Crippen molar-refractivity contribution in [3.63, 3.8) is 0 Å². The molecule has 0 unspecified atom stereocenters. The smallest absolute Gasteiger partial charge is 0.204 e. The van der Waals surface area contributed by atoms with Gasteiger partial charge in [0.05, 0.1) is 20.8 Å². The standard InChI is InChI=1S/C19H22N4O2/c1-5-14-6-8-15(9-7-14)19-20-22-23(21-19)12-16-11-18(25-4)17(24-3)10-13(16)2/h6-11H,5,12H2,1-4H3. The van der Waals surface area contributed by atoms with Crippen LogP contribution < -0.4 is 9.47 Å². The van der Waals surface area contributed by atoms with E-state index in [4.69, 9.17) is 9.47 Å². The molecule has 0 spiro atoms. The molecular weight excluding hydrogens is 316 g/mol. The topological polar surface area (TPSA) is 62.1 Å². The molecule has 0 aliphatic rings. The van der Waals surface area contributed by atoms with Crippen molar-refractivity contribution >= 4 is 0 Å². The molecule has 6 nitrogen and oxygen atoms in total. The Morgan fingerprint density at radius 2 is 1.68 bits per heavy atom. The zero-order valence-corrected chi connectivity index (χ0v) is 15.0. The second-order valence-electron chi connectivity index (χ2n) is 5.83. The van der Waals surface area contributed by atoms with Crippen LogP contribution in [0.1, 0.15) is 23.6 Å². The first-order valence-corrected chi connectivity index (χ1v) is 8.23. The zero-order valence-electron chi connectivity index (χ0n) is 15.0. The number of rotatable bonds is 6. The average molecular weight is 338 g/mol. The highest BCUT2D eigenvalue weighted by Gasteiger charge is 2.11. The Bertz CT molecular complexity index is 856. The molecule has 0 saturated heterocycles. The summed E-state index contributed by atoms with van der Waals surface area (Å²) in [4.78, 5) is 1.59. The summed E-state index contributed by atoms with van der Waals surface area (Å²) in [7, 11) is 3.26. The number of hydrogen-bond donors (Lipinski definition) is 0. The van der Waals surface area contributed by atoms with Crippen LogP contribution in [0.15, 0.2) is 36.4 Å². The van der Waals surface area contributed by atoms with Crippen molar-refractivity contribution in [2.45, 2.75) is 26.8 Å². The molecular formula is C19H22N4O2. The number of methoxy groups -OCH3 is 2. The van der Waals surface area contributed by atoms with Gasteiger partial charge >= 0.3 is 0 Å². The maximum atomic E-state index is 5.38. The van der Waals surface area contributed by atoms with Gasteiger partial charge in [-0.25, -0.2) is 0 Å². The highest BCUT2D eigenvalue weighted by atomic mass is 16.5. The minimum atomic E-state index is 0.520. The predicted octanol–water partition coefficient (Wildman–Crippen LogP) is 3.28. The van der Waals surface area contributed by atoms with E-state index in [9.17, 15) is 0 Å². The molecule has 3 rings (SSSR count). The Labute approximate surface area is 147 Å². The Morgan fingerprint density at radius 3 is 2.32 bits per heavy atom. The summed E-state index contributed by atoms with van der Waals surface area (Å²) in [6.07, 6.45) is 1.01. The summed E-state index contributed by atoms with van der Waals surface area (Å²) < 4.78 is 10.7. The van der Waals surface area contributed by atoms with E-state index in [-0.39, 0.29) is 0 Å². The summed E-state index contributed by atoms with van der Waals surface area (Å²) in [6, 6.07) is 12.1. The summed E-state index contributed by atoms with van der Waals surface area (Å²) in [5, 5.41) is 12.8. The molecule has 1 aromatic heterocycles. The van der Waals surface area contributed by atoms with E-state index in [1.165, 1.54) is 5.56 Å². The lowest BCUT2D eigenvalue weighted by Crippen LogP contribution is -2.06. The van der Waals surface area contributed by atoms with Crippen molar-refractivity contribution in [2.75, 3.05) is 14.2 Å². The van der Waals surface area contributed by atoms with Crippen molar-refractivity contribution in [2.24, 2.45) is 0 Å². The number of aryl methyl sites for hydroxylation is 2. The van der Waals surface area contributed by atoms with E-state index in [0.717, 1.165) is 23.1 Å². The van der Waals surface area contributed by atoms with Crippen molar-refractivity contribution in [1.29, 1.82) is 0 Å². The first-order valence-electron chi connectivity index (χ1n) is 8.23. The molecule has 0 saturated carbocycles. The van der Waals surface area contributed by atoms with Gasteiger partial charge in [-0.05, 0) is 47.4 Å². The lowest BCUT2D eigenvalue weighted by atomic mass is 10.1. The normalized spacial score (nSPS) is 10.7. The van der Waals surface area contributed by atoms with Crippen LogP contribution >= 0.6 is 0 Å². The fraction of sp³-hybridized carbons (Fsp3) is 0.316. The van der Waals surface area contributed by atoms with Crippen LogP contribution in [0.4, 0.5) is 0 Å². The van der Waals surface area contributed by atoms with Crippen LogP contribution in [0, 0.1) is 6.92 Å². The summed E-state index contributed by atoms with van der Waals surface area (Å²) in [6.45, 7) is 4.68. The van der Waals surface area contributed by atoms with Crippen LogP contribution in [0.5, 0.6) is 11.5 Å². The predicted molar refractivity (Wildman–Crippen MR) is 96.0 cm³/mol. The van der Waals surface area contributed by atoms with Crippen molar-refractivity contribution in [3.8, 4) is 22.9 Å². The highest BCUT2D eigenvalue weighted by Crippen LogP contribution is 2.30. The van der Waals surface area contributed by atoms with Crippen molar-refractivity contribution in [1.82, 2.24) is 20.2 Å². The van der Waals surface area contributed by atoms with Gasteiger partial charge in [-0.15, -0.1) is 10.2 Å². The number of tetrazole rings is 1. The van der Waals surface area contributed by atoms with Crippen LogP contribution in [-0.4, -0.2) is 34.4 Å². The number of aromatic nitrogens is 4. The number of ether oxygens (including phenoxy) is 2.